The van der Waals surface area contributed by atoms with E-state index in [2.05, 4.69) is 15.9 Å². The molecule has 1 aliphatic heterocycles. The van der Waals surface area contributed by atoms with Crippen LogP contribution in [-0.2, 0) is 10.2 Å². The van der Waals surface area contributed by atoms with Gasteiger partial charge in [0.05, 0.1) is 17.7 Å². The number of ether oxygens (including phenoxy) is 1. The van der Waals surface area contributed by atoms with Crippen molar-refractivity contribution < 1.29 is 14.5 Å². The number of carbonyl (C=O) groups excluding carboxylic acids is 1. The number of rotatable bonds is 9. The van der Waals surface area contributed by atoms with Crippen LogP contribution in [0.5, 0.6) is 5.75 Å². The fourth-order valence-electron chi connectivity index (χ4n) is 4.98. The minimum Gasteiger partial charge on any atom is -0.495 e. The minimum absolute atomic E-state index is 0.101. The van der Waals surface area contributed by atoms with Crippen LogP contribution in [0.15, 0.2) is 78.9 Å². The molecule has 3 aromatic carbocycles. The standard InChI is InChI=1S/C27H30N4O4/c1-35-25-14-8-7-13-24(25)30-19-17-29(18-20-30)16-15-27(26(28)32,21-9-3-2-4-10-21)22-11-5-6-12-23(22)31(33)34/h2-14H,15-20H2,1H3,(H2,28,32). The molecular weight excluding hydrogens is 444 g/mol. The van der Waals surface area contributed by atoms with Crippen molar-refractivity contribution in [2.45, 2.75) is 11.8 Å². The Labute approximate surface area is 205 Å². The highest BCUT2D eigenvalue weighted by Gasteiger charge is 2.44. The smallest absolute Gasteiger partial charge is 0.274 e. The summed E-state index contributed by atoms with van der Waals surface area (Å²) in [6.07, 6.45) is 0.339. The molecule has 182 valence electrons. The number of hydrogen-bond acceptors (Lipinski definition) is 6. The van der Waals surface area contributed by atoms with E-state index in [-0.39, 0.29) is 5.69 Å². The number of anilines is 1. The van der Waals surface area contributed by atoms with Crippen LogP contribution in [0.4, 0.5) is 11.4 Å². The molecule has 0 aliphatic carbocycles. The summed E-state index contributed by atoms with van der Waals surface area (Å²) in [7, 11) is 1.67. The first kappa shape index (κ1) is 24.2. The van der Waals surface area contributed by atoms with Gasteiger partial charge in [-0.1, -0.05) is 60.7 Å². The lowest BCUT2D eigenvalue weighted by Gasteiger charge is -2.39. The van der Waals surface area contributed by atoms with Crippen molar-refractivity contribution in [3.05, 3.63) is 100 Å². The van der Waals surface area contributed by atoms with Crippen LogP contribution < -0.4 is 15.4 Å². The molecule has 8 nitrogen and oxygen atoms in total. The molecule has 4 rings (SSSR count). The van der Waals surface area contributed by atoms with E-state index in [0.29, 0.717) is 24.1 Å². The average molecular weight is 475 g/mol. The van der Waals surface area contributed by atoms with Gasteiger partial charge < -0.3 is 15.4 Å². The Bertz CT molecular complexity index is 1180. The molecule has 0 spiro atoms. The fraction of sp³-hybridized carbons (Fsp3) is 0.296. The molecule has 1 unspecified atom stereocenters. The van der Waals surface area contributed by atoms with Gasteiger partial charge in [-0.05, 0) is 30.7 Å². The van der Waals surface area contributed by atoms with E-state index < -0.39 is 16.2 Å². The molecule has 0 radical (unpaired) electrons. The van der Waals surface area contributed by atoms with E-state index in [1.165, 1.54) is 6.07 Å². The highest BCUT2D eigenvalue weighted by molar-refractivity contribution is 5.92. The van der Waals surface area contributed by atoms with Gasteiger partial charge in [0.15, 0.2) is 0 Å². The summed E-state index contributed by atoms with van der Waals surface area (Å²) >= 11 is 0. The molecule has 1 aliphatic rings. The Morgan fingerprint density at radius 2 is 1.60 bits per heavy atom. The summed E-state index contributed by atoms with van der Waals surface area (Å²) < 4.78 is 5.51. The third-order valence-corrected chi connectivity index (χ3v) is 6.85. The van der Waals surface area contributed by atoms with Crippen molar-refractivity contribution in [3.63, 3.8) is 0 Å². The van der Waals surface area contributed by atoms with Crippen LogP contribution in [-0.4, -0.2) is 55.6 Å². The Balaban J connectivity index is 1.59. The minimum atomic E-state index is -1.31. The monoisotopic (exact) mass is 474 g/mol. The summed E-state index contributed by atoms with van der Waals surface area (Å²) in [5.41, 5.74) is 6.68. The lowest BCUT2D eigenvalue weighted by atomic mass is 9.70. The third kappa shape index (κ3) is 4.83. The number of piperazine rings is 1. The van der Waals surface area contributed by atoms with Gasteiger partial charge in [-0.3, -0.25) is 19.8 Å². The number of carbonyl (C=O) groups is 1. The number of amides is 1. The van der Waals surface area contributed by atoms with Crippen LogP contribution in [0.25, 0.3) is 0 Å². The Kier molecular flexibility index (Phi) is 7.31. The summed E-state index contributed by atoms with van der Waals surface area (Å²) in [6.45, 7) is 3.77. The molecule has 35 heavy (non-hydrogen) atoms. The first-order valence-corrected chi connectivity index (χ1v) is 11.7. The molecule has 1 atom stereocenters. The van der Waals surface area contributed by atoms with Crippen molar-refractivity contribution >= 4 is 17.3 Å². The van der Waals surface area contributed by atoms with Gasteiger partial charge in [0.1, 0.15) is 11.2 Å². The van der Waals surface area contributed by atoms with Crippen LogP contribution in [0.3, 0.4) is 0 Å². The first-order chi connectivity index (χ1) is 17.0. The number of nitrogens with two attached hydrogens (primary N) is 1. The van der Waals surface area contributed by atoms with Crippen LogP contribution >= 0.6 is 0 Å². The number of hydrogen-bond donors (Lipinski definition) is 1. The van der Waals surface area contributed by atoms with Crippen molar-refractivity contribution in [1.29, 1.82) is 0 Å². The predicted octanol–water partition coefficient (Wildman–Crippen LogP) is 3.59. The number of nitro benzene ring substituents is 1. The molecular formula is C27H30N4O4. The molecule has 8 heteroatoms. The van der Waals surface area contributed by atoms with Gasteiger partial charge in [-0.2, -0.15) is 0 Å². The zero-order chi connectivity index (χ0) is 24.8. The fourth-order valence-corrected chi connectivity index (χ4v) is 4.98. The zero-order valence-electron chi connectivity index (χ0n) is 19.8. The quantitative estimate of drug-likeness (QED) is 0.376. The summed E-state index contributed by atoms with van der Waals surface area (Å²) in [4.78, 5) is 29.1. The second-order valence-electron chi connectivity index (χ2n) is 8.66. The van der Waals surface area contributed by atoms with E-state index in [9.17, 15) is 14.9 Å². The maximum Gasteiger partial charge on any atom is 0.274 e. The van der Waals surface area contributed by atoms with Gasteiger partial charge in [-0.15, -0.1) is 0 Å². The first-order valence-electron chi connectivity index (χ1n) is 11.7. The van der Waals surface area contributed by atoms with Crippen molar-refractivity contribution in [1.82, 2.24) is 4.90 Å². The average Bonchev–Trinajstić information content (AvgIpc) is 2.90. The third-order valence-electron chi connectivity index (χ3n) is 6.85. The number of nitro groups is 1. The van der Waals surface area contributed by atoms with Gasteiger partial charge in [0, 0.05) is 37.8 Å². The van der Waals surface area contributed by atoms with E-state index in [1.807, 2.05) is 48.5 Å². The lowest BCUT2D eigenvalue weighted by Crippen LogP contribution is -2.50. The number of methoxy groups -OCH3 is 1. The Hall–Kier alpha value is -3.91. The predicted molar refractivity (Wildman–Crippen MR) is 136 cm³/mol. The normalized spacial score (nSPS) is 15.9. The summed E-state index contributed by atoms with van der Waals surface area (Å²) in [6, 6.07) is 23.5. The zero-order valence-corrected chi connectivity index (χ0v) is 19.8. The van der Waals surface area contributed by atoms with Crippen LogP contribution in [0.2, 0.25) is 0 Å². The van der Waals surface area contributed by atoms with Gasteiger partial charge in [0.25, 0.3) is 5.69 Å². The second-order valence-corrected chi connectivity index (χ2v) is 8.66. The Morgan fingerprint density at radius 3 is 2.26 bits per heavy atom. The molecule has 3 aromatic rings. The topological polar surface area (TPSA) is 102 Å². The molecule has 2 N–H and O–H groups in total. The molecule has 0 bridgehead atoms. The van der Waals surface area contributed by atoms with Crippen molar-refractivity contribution in [3.8, 4) is 5.75 Å². The largest absolute Gasteiger partial charge is 0.495 e. The summed E-state index contributed by atoms with van der Waals surface area (Å²) in [5, 5.41) is 11.9. The molecule has 1 amide bonds. The van der Waals surface area contributed by atoms with Crippen LogP contribution in [0, 0.1) is 10.1 Å². The molecule has 0 aromatic heterocycles. The summed E-state index contributed by atoms with van der Waals surface area (Å²) in [5.74, 6) is 0.250. The van der Waals surface area contributed by atoms with E-state index in [4.69, 9.17) is 10.5 Å². The van der Waals surface area contributed by atoms with E-state index >= 15 is 0 Å². The molecule has 0 saturated carbocycles. The van der Waals surface area contributed by atoms with Crippen LogP contribution in [0.1, 0.15) is 17.5 Å². The highest BCUT2D eigenvalue weighted by atomic mass is 16.6. The van der Waals surface area contributed by atoms with E-state index in [0.717, 1.165) is 37.6 Å². The maximum atomic E-state index is 13.1. The molecule has 1 fully saturated rings. The molecule has 1 heterocycles. The number of primary amides is 1. The highest BCUT2D eigenvalue weighted by Crippen LogP contribution is 2.40. The maximum absolute atomic E-state index is 13.1. The number of nitrogens with zero attached hydrogens (tertiary/aromatic N) is 3. The number of para-hydroxylation sites is 3. The second kappa shape index (κ2) is 10.6. The molecule has 1 saturated heterocycles. The van der Waals surface area contributed by atoms with E-state index in [1.54, 1.807) is 25.3 Å². The lowest BCUT2D eigenvalue weighted by molar-refractivity contribution is -0.385. The van der Waals surface area contributed by atoms with Crippen molar-refractivity contribution in [2.24, 2.45) is 5.73 Å². The Morgan fingerprint density at radius 1 is 0.971 bits per heavy atom. The van der Waals surface area contributed by atoms with Gasteiger partial charge in [-0.25, -0.2) is 0 Å². The van der Waals surface area contributed by atoms with Gasteiger partial charge >= 0.3 is 0 Å². The number of benzene rings is 3. The van der Waals surface area contributed by atoms with Crippen molar-refractivity contribution in [2.75, 3.05) is 44.7 Å². The SMILES string of the molecule is COc1ccccc1N1CCN(CCC(C(N)=O)(c2ccccc2)c2ccccc2[N+](=O)[O-])CC1. The van der Waals surface area contributed by atoms with Gasteiger partial charge in [0.2, 0.25) is 5.91 Å².